The molecule has 1 aromatic heterocycles. The van der Waals surface area contributed by atoms with Gasteiger partial charge in [0.25, 0.3) is 0 Å². The van der Waals surface area contributed by atoms with E-state index in [4.69, 9.17) is 10.5 Å². The number of aromatic nitrogens is 1. The van der Waals surface area contributed by atoms with Gasteiger partial charge in [0.15, 0.2) is 0 Å². The largest absolute Gasteiger partial charge is 0.506 e. The third-order valence-electron chi connectivity index (χ3n) is 4.00. The van der Waals surface area contributed by atoms with Crippen LogP contribution in [0.25, 0.3) is 0 Å². The van der Waals surface area contributed by atoms with Crippen molar-refractivity contribution in [2.45, 2.75) is 0 Å². The lowest BCUT2D eigenvalue weighted by atomic mass is 10.2. The molecule has 1 aliphatic rings. The number of hydrogen-bond donors (Lipinski definition) is 2. The van der Waals surface area contributed by atoms with Crippen molar-refractivity contribution < 1.29 is 9.84 Å². The molecular weight excluding hydrogens is 292 g/mol. The first-order valence-corrected chi connectivity index (χ1v) is 7.80. The Morgan fingerprint density at radius 3 is 2.52 bits per heavy atom. The Bertz CT molecular complexity index is 625. The molecule has 0 spiro atoms. The van der Waals surface area contributed by atoms with Gasteiger partial charge in [-0.25, -0.2) is 0 Å². The maximum atomic E-state index is 9.51. The Hall–Kier alpha value is -2.47. The Labute approximate surface area is 136 Å². The third-order valence-corrected chi connectivity index (χ3v) is 4.00. The van der Waals surface area contributed by atoms with Gasteiger partial charge in [-0.15, -0.1) is 0 Å². The van der Waals surface area contributed by atoms with E-state index in [1.54, 1.807) is 12.3 Å². The minimum absolute atomic E-state index is 0.210. The molecule has 122 valence electrons. The van der Waals surface area contributed by atoms with Gasteiger partial charge in [0.05, 0.1) is 18.1 Å². The van der Waals surface area contributed by atoms with Crippen LogP contribution in [0.3, 0.4) is 0 Å². The molecule has 1 aliphatic heterocycles. The second-order valence-corrected chi connectivity index (χ2v) is 5.65. The predicted molar refractivity (Wildman–Crippen MR) is 90.9 cm³/mol. The van der Waals surface area contributed by atoms with Gasteiger partial charge in [0, 0.05) is 44.5 Å². The molecule has 1 fully saturated rings. The summed E-state index contributed by atoms with van der Waals surface area (Å²) in [5.41, 5.74) is 7.37. The number of hydrogen-bond acceptors (Lipinski definition) is 6. The molecule has 23 heavy (non-hydrogen) atoms. The molecule has 2 heterocycles. The summed E-state index contributed by atoms with van der Waals surface area (Å²) >= 11 is 0. The highest BCUT2D eigenvalue weighted by Crippen LogP contribution is 2.19. The molecule has 6 nitrogen and oxygen atoms in total. The van der Waals surface area contributed by atoms with Crippen molar-refractivity contribution in [2.75, 3.05) is 50.0 Å². The van der Waals surface area contributed by atoms with Crippen molar-refractivity contribution in [3.05, 3.63) is 42.7 Å². The Kier molecular flexibility index (Phi) is 4.83. The molecule has 0 saturated carbocycles. The molecule has 2 aromatic rings. The van der Waals surface area contributed by atoms with Crippen molar-refractivity contribution in [3.63, 3.8) is 0 Å². The van der Waals surface area contributed by atoms with Crippen molar-refractivity contribution in [1.82, 2.24) is 9.88 Å². The predicted octanol–water partition coefficient (Wildman–Crippen LogP) is 1.57. The number of piperazine rings is 1. The van der Waals surface area contributed by atoms with Gasteiger partial charge in [-0.1, -0.05) is 0 Å². The normalized spacial score (nSPS) is 15.6. The zero-order valence-electron chi connectivity index (χ0n) is 13.1. The number of ether oxygens (including phenoxy) is 1. The van der Waals surface area contributed by atoms with Gasteiger partial charge in [0.1, 0.15) is 18.1 Å². The highest BCUT2D eigenvalue weighted by molar-refractivity contribution is 5.48. The quantitative estimate of drug-likeness (QED) is 0.816. The summed E-state index contributed by atoms with van der Waals surface area (Å²) in [6.45, 7) is 5.36. The minimum atomic E-state index is 0.210. The van der Waals surface area contributed by atoms with Gasteiger partial charge in [-0.2, -0.15) is 0 Å². The molecule has 3 rings (SSSR count). The van der Waals surface area contributed by atoms with Crippen LogP contribution in [0.1, 0.15) is 0 Å². The van der Waals surface area contributed by atoms with Gasteiger partial charge in [0.2, 0.25) is 0 Å². The molecular formula is C17H22N4O2. The summed E-state index contributed by atoms with van der Waals surface area (Å²) in [5, 5.41) is 9.51. The van der Waals surface area contributed by atoms with E-state index < -0.39 is 0 Å². The Morgan fingerprint density at radius 2 is 1.83 bits per heavy atom. The van der Waals surface area contributed by atoms with Crippen LogP contribution in [-0.4, -0.2) is 54.3 Å². The zero-order valence-corrected chi connectivity index (χ0v) is 13.1. The number of aromatic hydroxyl groups is 1. The molecule has 3 N–H and O–H groups in total. The third kappa shape index (κ3) is 4.26. The lowest BCUT2D eigenvalue weighted by Gasteiger charge is -2.35. The lowest BCUT2D eigenvalue weighted by Crippen LogP contribution is -2.47. The van der Waals surface area contributed by atoms with E-state index in [2.05, 4.69) is 14.8 Å². The topological polar surface area (TPSA) is 74.9 Å². The Morgan fingerprint density at radius 1 is 1.09 bits per heavy atom. The molecule has 0 aliphatic carbocycles. The molecule has 0 radical (unpaired) electrons. The average Bonchev–Trinajstić information content (AvgIpc) is 2.57. The van der Waals surface area contributed by atoms with Crippen LogP contribution in [0.2, 0.25) is 0 Å². The fraction of sp³-hybridized carbons (Fsp3) is 0.353. The Balaban J connectivity index is 1.41. The van der Waals surface area contributed by atoms with Gasteiger partial charge in [-0.3, -0.25) is 9.88 Å². The van der Waals surface area contributed by atoms with Crippen LogP contribution in [0.15, 0.2) is 42.7 Å². The summed E-state index contributed by atoms with van der Waals surface area (Å²) in [6.07, 6.45) is 3.24. The monoisotopic (exact) mass is 314 g/mol. The van der Waals surface area contributed by atoms with Crippen LogP contribution < -0.4 is 15.4 Å². The number of rotatable bonds is 5. The van der Waals surface area contributed by atoms with Gasteiger partial charge >= 0.3 is 0 Å². The highest BCUT2D eigenvalue weighted by Gasteiger charge is 2.17. The van der Waals surface area contributed by atoms with Crippen LogP contribution in [0.4, 0.5) is 11.4 Å². The van der Waals surface area contributed by atoms with Crippen LogP contribution in [0.5, 0.6) is 11.5 Å². The summed E-state index contributed by atoms with van der Waals surface area (Å²) in [7, 11) is 0. The van der Waals surface area contributed by atoms with E-state index in [-0.39, 0.29) is 5.75 Å². The summed E-state index contributed by atoms with van der Waals surface area (Å²) in [5.74, 6) is 1.06. The van der Waals surface area contributed by atoms with E-state index in [0.717, 1.165) is 49.8 Å². The fourth-order valence-corrected chi connectivity index (χ4v) is 2.68. The summed E-state index contributed by atoms with van der Waals surface area (Å²) < 4.78 is 5.74. The number of nitrogens with zero attached hydrogens (tertiary/aromatic N) is 3. The van der Waals surface area contributed by atoms with Crippen molar-refractivity contribution in [2.24, 2.45) is 0 Å². The van der Waals surface area contributed by atoms with Gasteiger partial charge < -0.3 is 20.5 Å². The number of anilines is 2. The van der Waals surface area contributed by atoms with Crippen LogP contribution in [-0.2, 0) is 0 Å². The molecule has 6 heteroatoms. The molecule has 1 saturated heterocycles. The first-order chi connectivity index (χ1) is 11.2. The molecule has 0 unspecified atom stereocenters. The highest BCUT2D eigenvalue weighted by atomic mass is 16.5. The van der Waals surface area contributed by atoms with Gasteiger partial charge in [-0.05, 0) is 24.3 Å². The number of pyridine rings is 1. The van der Waals surface area contributed by atoms with E-state index >= 15 is 0 Å². The fourth-order valence-electron chi connectivity index (χ4n) is 2.68. The second kappa shape index (κ2) is 7.19. The zero-order chi connectivity index (χ0) is 16.1. The van der Waals surface area contributed by atoms with E-state index in [1.165, 1.54) is 6.20 Å². The maximum Gasteiger partial charge on any atom is 0.135 e. The lowest BCUT2D eigenvalue weighted by molar-refractivity contribution is 0.200. The van der Waals surface area contributed by atoms with Crippen molar-refractivity contribution in [3.8, 4) is 11.5 Å². The van der Waals surface area contributed by atoms with Crippen molar-refractivity contribution >= 4 is 11.4 Å². The van der Waals surface area contributed by atoms with Crippen LogP contribution in [0, 0.1) is 0 Å². The number of benzene rings is 1. The molecule has 0 amide bonds. The van der Waals surface area contributed by atoms with Crippen LogP contribution >= 0.6 is 0 Å². The smallest absolute Gasteiger partial charge is 0.135 e. The number of nitrogens with two attached hydrogens (primary N) is 1. The first kappa shape index (κ1) is 15.4. The van der Waals surface area contributed by atoms with E-state index in [0.29, 0.717) is 6.61 Å². The minimum Gasteiger partial charge on any atom is -0.506 e. The standard InChI is InChI=1S/C17H22N4O2/c18-14-1-3-17(4-2-14)23-10-9-20-5-7-21(8-6-20)15-11-16(22)13-19-12-15/h1-4,11-13,22H,5-10,18H2. The van der Waals surface area contributed by atoms with E-state index in [9.17, 15) is 5.11 Å². The molecule has 0 atom stereocenters. The molecule has 0 bridgehead atoms. The van der Waals surface area contributed by atoms with Crippen molar-refractivity contribution in [1.29, 1.82) is 0 Å². The second-order valence-electron chi connectivity index (χ2n) is 5.65. The molecule has 1 aromatic carbocycles. The SMILES string of the molecule is Nc1ccc(OCCN2CCN(c3cncc(O)c3)CC2)cc1. The van der Waals surface area contributed by atoms with E-state index in [1.807, 2.05) is 24.3 Å². The average molecular weight is 314 g/mol. The first-order valence-electron chi connectivity index (χ1n) is 7.80. The maximum absolute atomic E-state index is 9.51. The number of nitrogen functional groups attached to an aromatic ring is 1. The summed E-state index contributed by atoms with van der Waals surface area (Å²) in [4.78, 5) is 8.65. The summed E-state index contributed by atoms with van der Waals surface area (Å²) in [6, 6.07) is 9.23.